The summed E-state index contributed by atoms with van der Waals surface area (Å²) in [6, 6.07) is 15.5. The highest BCUT2D eigenvalue weighted by Crippen LogP contribution is 2.42. The van der Waals surface area contributed by atoms with E-state index in [-0.39, 0.29) is 24.4 Å². The monoisotopic (exact) mass is 446 g/mol. The fraction of sp³-hybridized carbons (Fsp3) is 0.385. The zero-order chi connectivity index (χ0) is 22.8. The van der Waals surface area contributed by atoms with Gasteiger partial charge in [-0.15, -0.1) is 0 Å². The van der Waals surface area contributed by atoms with Gasteiger partial charge in [0.25, 0.3) is 5.91 Å². The predicted molar refractivity (Wildman–Crippen MR) is 127 cm³/mol. The number of amides is 2. The van der Waals surface area contributed by atoms with E-state index in [9.17, 15) is 9.59 Å². The van der Waals surface area contributed by atoms with Gasteiger partial charge in [-0.25, -0.2) is 0 Å². The summed E-state index contributed by atoms with van der Waals surface area (Å²) >= 11 is 0. The molecule has 2 aliphatic heterocycles. The number of carbonyl (C=O) groups is 2. The van der Waals surface area contributed by atoms with Crippen LogP contribution < -0.4 is 5.32 Å². The minimum Gasteiger partial charge on any atom is -0.379 e. The van der Waals surface area contributed by atoms with E-state index >= 15 is 0 Å². The number of hydrogen-bond donors (Lipinski definition) is 2. The van der Waals surface area contributed by atoms with Crippen molar-refractivity contribution in [1.29, 1.82) is 0 Å². The van der Waals surface area contributed by atoms with Crippen molar-refractivity contribution in [3.8, 4) is 0 Å². The molecular weight excluding hydrogens is 416 g/mol. The lowest BCUT2D eigenvalue weighted by Gasteiger charge is -2.27. The first kappa shape index (κ1) is 21.7. The Balaban J connectivity index is 1.33. The van der Waals surface area contributed by atoms with Gasteiger partial charge in [-0.1, -0.05) is 36.4 Å². The van der Waals surface area contributed by atoms with E-state index in [0.29, 0.717) is 12.1 Å². The summed E-state index contributed by atoms with van der Waals surface area (Å²) in [5.74, 6) is -0.218. The number of nitrogens with zero attached hydrogens (tertiary/aromatic N) is 2. The van der Waals surface area contributed by atoms with Crippen molar-refractivity contribution < 1.29 is 14.3 Å². The molecule has 0 bridgehead atoms. The average Bonchev–Trinajstić information content (AvgIpc) is 3.30. The van der Waals surface area contributed by atoms with Crippen LogP contribution in [0.1, 0.15) is 39.6 Å². The Morgan fingerprint density at radius 3 is 2.73 bits per heavy atom. The molecule has 1 aromatic heterocycles. The van der Waals surface area contributed by atoms with Gasteiger partial charge in [0.1, 0.15) is 6.54 Å². The molecule has 2 amide bonds. The molecule has 0 radical (unpaired) electrons. The molecule has 0 unspecified atom stereocenters. The summed E-state index contributed by atoms with van der Waals surface area (Å²) in [5, 5.41) is 4.10. The molecule has 33 heavy (non-hydrogen) atoms. The van der Waals surface area contributed by atoms with Crippen LogP contribution in [0.5, 0.6) is 0 Å². The van der Waals surface area contributed by atoms with E-state index in [2.05, 4.69) is 21.3 Å². The number of para-hydroxylation sites is 1. The molecule has 2 aliphatic rings. The molecule has 7 heteroatoms. The molecule has 0 saturated carbocycles. The van der Waals surface area contributed by atoms with E-state index < -0.39 is 0 Å². The van der Waals surface area contributed by atoms with Crippen molar-refractivity contribution in [2.75, 3.05) is 45.9 Å². The van der Waals surface area contributed by atoms with Gasteiger partial charge >= 0.3 is 0 Å². The van der Waals surface area contributed by atoms with Crippen molar-refractivity contribution in [3.63, 3.8) is 0 Å². The fourth-order valence-corrected chi connectivity index (χ4v) is 5.06. The summed E-state index contributed by atoms with van der Waals surface area (Å²) in [5.41, 5.74) is 4.74. The molecule has 3 aromatic rings. The number of aryl methyl sites for hydroxylation is 1. The molecule has 1 saturated heterocycles. The van der Waals surface area contributed by atoms with Crippen LogP contribution in [-0.2, 0) is 9.53 Å². The standard InChI is InChI=1S/C26H30N4O3/c1-18-24(21-9-4-5-10-22(21)28-18)25-19-7-2-3-8-20(19)26(32)30(25)17-23(31)27-11-6-12-29-13-15-33-16-14-29/h2-5,7-10,25,28H,6,11-17H2,1H3,(H,27,31)/t25-/m1/s1. The first-order valence-corrected chi connectivity index (χ1v) is 11.7. The Labute approximate surface area is 193 Å². The molecular formula is C26H30N4O3. The van der Waals surface area contributed by atoms with E-state index in [0.717, 1.165) is 67.0 Å². The van der Waals surface area contributed by atoms with Crippen LogP contribution >= 0.6 is 0 Å². The number of H-pyrrole nitrogens is 1. The number of rotatable bonds is 7. The number of aromatic nitrogens is 1. The van der Waals surface area contributed by atoms with Crippen LogP contribution in [0.2, 0.25) is 0 Å². The van der Waals surface area contributed by atoms with Crippen LogP contribution in [0, 0.1) is 6.92 Å². The Kier molecular flexibility index (Phi) is 6.15. The molecule has 3 heterocycles. The van der Waals surface area contributed by atoms with Crippen molar-refractivity contribution >= 4 is 22.7 Å². The van der Waals surface area contributed by atoms with Gasteiger partial charge in [-0.3, -0.25) is 14.5 Å². The summed E-state index contributed by atoms with van der Waals surface area (Å²) in [7, 11) is 0. The normalized spacial score (nSPS) is 18.6. The lowest BCUT2D eigenvalue weighted by molar-refractivity contribution is -0.122. The predicted octanol–water partition coefficient (Wildman–Crippen LogP) is 2.86. The first-order chi connectivity index (χ1) is 16.1. The molecule has 5 rings (SSSR count). The second kappa shape index (κ2) is 9.37. The molecule has 2 aromatic carbocycles. The largest absolute Gasteiger partial charge is 0.379 e. The van der Waals surface area contributed by atoms with Gasteiger partial charge in [-0.05, 0) is 37.6 Å². The van der Waals surface area contributed by atoms with Gasteiger partial charge in [0.15, 0.2) is 0 Å². The van der Waals surface area contributed by atoms with Gasteiger partial charge in [0.2, 0.25) is 5.91 Å². The minimum absolute atomic E-state index is 0.0364. The second-order valence-corrected chi connectivity index (χ2v) is 8.79. The SMILES string of the molecule is Cc1[nH]c2ccccc2c1[C@H]1c2ccccc2C(=O)N1CC(=O)NCCCN1CCOCC1. The summed E-state index contributed by atoms with van der Waals surface area (Å²) in [6.07, 6.45) is 0.880. The summed E-state index contributed by atoms with van der Waals surface area (Å²) in [6.45, 7) is 7.05. The lowest BCUT2D eigenvalue weighted by Crippen LogP contribution is -2.41. The van der Waals surface area contributed by atoms with Gasteiger partial charge in [-0.2, -0.15) is 0 Å². The fourth-order valence-electron chi connectivity index (χ4n) is 5.06. The van der Waals surface area contributed by atoms with E-state index in [1.165, 1.54) is 0 Å². The van der Waals surface area contributed by atoms with Crippen molar-refractivity contribution in [1.82, 2.24) is 20.1 Å². The van der Waals surface area contributed by atoms with Crippen molar-refractivity contribution in [2.24, 2.45) is 0 Å². The number of aromatic amines is 1. The van der Waals surface area contributed by atoms with E-state index in [1.54, 1.807) is 4.90 Å². The van der Waals surface area contributed by atoms with Crippen LogP contribution in [0.15, 0.2) is 48.5 Å². The van der Waals surface area contributed by atoms with Crippen LogP contribution in [0.3, 0.4) is 0 Å². The maximum atomic E-state index is 13.3. The van der Waals surface area contributed by atoms with Crippen LogP contribution in [0.4, 0.5) is 0 Å². The highest BCUT2D eigenvalue weighted by atomic mass is 16.5. The Bertz CT molecular complexity index is 1170. The first-order valence-electron chi connectivity index (χ1n) is 11.7. The molecule has 172 valence electrons. The molecule has 0 aliphatic carbocycles. The van der Waals surface area contributed by atoms with Crippen LogP contribution in [-0.4, -0.2) is 72.5 Å². The number of ether oxygens (including phenoxy) is 1. The number of benzene rings is 2. The minimum atomic E-state index is -0.288. The molecule has 1 atom stereocenters. The Morgan fingerprint density at radius 2 is 1.88 bits per heavy atom. The number of hydrogen-bond acceptors (Lipinski definition) is 4. The van der Waals surface area contributed by atoms with Gasteiger partial charge in [0, 0.05) is 47.4 Å². The molecule has 0 spiro atoms. The highest BCUT2D eigenvalue weighted by molar-refractivity contribution is 6.02. The third-order valence-electron chi connectivity index (χ3n) is 6.67. The zero-order valence-electron chi connectivity index (χ0n) is 19.0. The summed E-state index contributed by atoms with van der Waals surface area (Å²) < 4.78 is 5.38. The third kappa shape index (κ3) is 4.26. The van der Waals surface area contributed by atoms with Crippen LogP contribution in [0.25, 0.3) is 10.9 Å². The molecule has 2 N–H and O–H groups in total. The second-order valence-electron chi connectivity index (χ2n) is 8.79. The topological polar surface area (TPSA) is 77.7 Å². The maximum absolute atomic E-state index is 13.3. The van der Waals surface area contributed by atoms with E-state index in [4.69, 9.17) is 4.74 Å². The number of morpholine rings is 1. The molecule has 7 nitrogen and oxygen atoms in total. The molecule has 1 fully saturated rings. The summed E-state index contributed by atoms with van der Waals surface area (Å²) in [4.78, 5) is 33.7. The maximum Gasteiger partial charge on any atom is 0.255 e. The van der Waals surface area contributed by atoms with E-state index in [1.807, 2.05) is 49.4 Å². The number of fused-ring (bicyclic) bond motifs is 2. The number of carbonyl (C=O) groups excluding carboxylic acids is 2. The third-order valence-corrected chi connectivity index (χ3v) is 6.67. The highest BCUT2D eigenvalue weighted by Gasteiger charge is 2.40. The smallest absolute Gasteiger partial charge is 0.255 e. The van der Waals surface area contributed by atoms with Crippen molar-refractivity contribution in [3.05, 3.63) is 70.9 Å². The van der Waals surface area contributed by atoms with Crippen molar-refractivity contribution in [2.45, 2.75) is 19.4 Å². The Hall–Kier alpha value is -3.16. The lowest BCUT2D eigenvalue weighted by atomic mass is 9.95. The average molecular weight is 447 g/mol. The quantitative estimate of drug-likeness (QED) is 0.547. The van der Waals surface area contributed by atoms with Gasteiger partial charge in [0.05, 0.1) is 19.3 Å². The van der Waals surface area contributed by atoms with Gasteiger partial charge < -0.3 is 19.9 Å². The Morgan fingerprint density at radius 1 is 1.12 bits per heavy atom. The number of nitrogens with one attached hydrogen (secondary N) is 2. The zero-order valence-corrected chi connectivity index (χ0v) is 19.0.